The van der Waals surface area contributed by atoms with E-state index in [1.54, 1.807) is 0 Å². The number of benzene rings is 2. The molecule has 0 unspecified atom stereocenters. The summed E-state index contributed by atoms with van der Waals surface area (Å²) in [6.45, 7) is 6.76. The maximum atomic E-state index is 4.76. The van der Waals surface area contributed by atoms with Crippen molar-refractivity contribution >= 4 is 32.7 Å². The molecule has 0 radical (unpaired) electrons. The molecule has 2 aromatic carbocycles. The van der Waals surface area contributed by atoms with Gasteiger partial charge in [-0.3, -0.25) is 0 Å². The maximum absolute atomic E-state index is 4.76. The second kappa shape index (κ2) is 7.17. The summed E-state index contributed by atoms with van der Waals surface area (Å²) in [6.07, 6.45) is 1.96. The zero-order valence-corrected chi connectivity index (χ0v) is 16.9. The summed E-state index contributed by atoms with van der Waals surface area (Å²) in [5.41, 5.74) is 5.17. The second-order valence-electron chi connectivity index (χ2n) is 7.54. The highest BCUT2D eigenvalue weighted by atomic mass is 79.9. The van der Waals surface area contributed by atoms with E-state index in [1.807, 2.05) is 13.1 Å². The number of rotatable bonds is 4. The van der Waals surface area contributed by atoms with E-state index in [0.717, 1.165) is 28.6 Å². The third kappa shape index (κ3) is 4.21. The normalized spacial score (nSPS) is 11.7. The van der Waals surface area contributed by atoms with Gasteiger partial charge in [0.05, 0.1) is 5.52 Å². The summed E-state index contributed by atoms with van der Waals surface area (Å²) in [5, 5.41) is 4.45. The van der Waals surface area contributed by atoms with Gasteiger partial charge in [0.15, 0.2) is 0 Å². The van der Waals surface area contributed by atoms with Gasteiger partial charge in [0.1, 0.15) is 5.82 Å². The molecule has 0 saturated carbocycles. The van der Waals surface area contributed by atoms with Gasteiger partial charge in [-0.2, -0.15) is 0 Å². The number of para-hydroxylation sites is 1. The highest BCUT2D eigenvalue weighted by Gasteiger charge is 2.15. The molecule has 1 aromatic heterocycles. The van der Waals surface area contributed by atoms with E-state index >= 15 is 0 Å². The van der Waals surface area contributed by atoms with Crippen molar-refractivity contribution < 1.29 is 0 Å². The average Bonchev–Trinajstić information content (AvgIpc) is 2.57. The van der Waals surface area contributed by atoms with Crippen molar-refractivity contribution in [2.24, 2.45) is 0 Å². The van der Waals surface area contributed by atoms with Crippen LogP contribution >= 0.6 is 15.9 Å². The van der Waals surface area contributed by atoms with Crippen LogP contribution in [0, 0.1) is 0 Å². The fraction of sp³-hybridized carbons (Fsp3) is 0.318. The number of pyridine rings is 1. The monoisotopic (exact) mass is 396 g/mol. The Kier molecular flexibility index (Phi) is 5.14. The summed E-state index contributed by atoms with van der Waals surface area (Å²) >= 11 is 3.67. The second-order valence-corrected chi connectivity index (χ2v) is 8.45. The number of hydrogen-bond donors (Lipinski definition) is 1. The minimum absolute atomic E-state index is 0.152. The maximum Gasteiger partial charge on any atom is 0.129 e. The largest absolute Gasteiger partial charge is 0.373 e. The van der Waals surface area contributed by atoms with Gasteiger partial charge < -0.3 is 5.32 Å². The predicted molar refractivity (Wildman–Crippen MR) is 112 cm³/mol. The SMILES string of the molecule is CNc1nc2ccccc2cc1CCc1cc(Br)cc(C(C)(C)C)c1. The standard InChI is InChI=1S/C22H25BrN2/c1-22(2,3)18-11-15(12-19(23)14-18)9-10-17-13-16-7-5-6-8-20(16)25-21(17)24-4/h5-8,11-14H,9-10H2,1-4H3,(H,24,25). The van der Waals surface area contributed by atoms with Gasteiger partial charge in [-0.1, -0.05) is 61.0 Å². The molecule has 3 rings (SSSR count). The predicted octanol–water partition coefficient (Wildman–Crippen LogP) is 6.12. The lowest BCUT2D eigenvalue weighted by Gasteiger charge is -2.20. The van der Waals surface area contributed by atoms with Crippen molar-refractivity contribution in [3.63, 3.8) is 0 Å². The van der Waals surface area contributed by atoms with E-state index < -0.39 is 0 Å². The molecule has 0 bridgehead atoms. The van der Waals surface area contributed by atoms with Crippen molar-refractivity contribution in [3.05, 3.63) is 69.7 Å². The summed E-state index contributed by atoms with van der Waals surface area (Å²) in [5.74, 6) is 0.977. The van der Waals surface area contributed by atoms with E-state index in [1.165, 1.54) is 22.1 Å². The molecular formula is C22H25BrN2. The molecular weight excluding hydrogens is 372 g/mol. The summed E-state index contributed by atoms with van der Waals surface area (Å²) in [7, 11) is 1.94. The molecule has 1 heterocycles. The van der Waals surface area contributed by atoms with E-state index in [4.69, 9.17) is 4.98 Å². The number of aromatic nitrogens is 1. The van der Waals surface area contributed by atoms with E-state index in [9.17, 15) is 0 Å². The molecule has 0 aliphatic heterocycles. The van der Waals surface area contributed by atoms with Gasteiger partial charge in [0.2, 0.25) is 0 Å². The fourth-order valence-corrected chi connectivity index (χ4v) is 3.61. The van der Waals surface area contributed by atoms with Gasteiger partial charge in [0.25, 0.3) is 0 Å². The molecule has 25 heavy (non-hydrogen) atoms. The zero-order valence-electron chi connectivity index (χ0n) is 15.4. The minimum Gasteiger partial charge on any atom is -0.373 e. The molecule has 2 nitrogen and oxygen atoms in total. The van der Waals surface area contributed by atoms with Crippen LogP contribution in [0.2, 0.25) is 0 Å². The van der Waals surface area contributed by atoms with Crippen molar-refractivity contribution in [3.8, 4) is 0 Å². The van der Waals surface area contributed by atoms with Crippen molar-refractivity contribution in [2.45, 2.75) is 39.0 Å². The van der Waals surface area contributed by atoms with Crippen LogP contribution in [0.3, 0.4) is 0 Å². The van der Waals surface area contributed by atoms with Gasteiger partial charge >= 0.3 is 0 Å². The smallest absolute Gasteiger partial charge is 0.129 e. The van der Waals surface area contributed by atoms with Crippen LogP contribution in [0.15, 0.2) is 53.0 Å². The first-order valence-corrected chi connectivity index (χ1v) is 9.52. The first kappa shape index (κ1) is 17.9. The van der Waals surface area contributed by atoms with Crippen LogP contribution < -0.4 is 5.32 Å². The fourth-order valence-electron chi connectivity index (χ4n) is 3.07. The lowest BCUT2D eigenvalue weighted by atomic mass is 9.85. The molecule has 0 fully saturated rings. The lowest BCUT2D eigenvalue weighted by Crippen LogP contribution is -2.11. The number of nitrogens with zero attached hydrogens (tertiary/aromatic N) is 1. The van der Waals surface area contributed by atoms with Crippen LogP contribution in [-0.2, 0) is 18.3 Å². The molecule has 0 spiro atoms. The highest BCUT2D eigenvalue weighted by molar-refractivity contribution is 9.10. The molecule has 3 aromatic rings. The van der Waals surface area contributed by atoms with E-state index in [-0.39, 0.29) is 5.41 Å². The van der Waals surface area contributed by atoms with Gasteiger partial charge in [-0.25, -0.2) is 4.98 Å². The number of halogens is 1. The van der Waals surface area contributed by atoms with Crippen molar-refractivity contribution in [1.82, 2.24) is 4.98 Å². The Labute approximate surface area is 158 Å². The van der Waals surface area contributed by atoms with E-state index in [0.29, 0.717) is 0 Å². The first-order chi connectivity index (χ1) is 11.9. The number of fused-ring (bicyclic) bond motifs is 1. The molecule has 0 aliphatic carbocycles. The Balaban J connectivity index is 1.89. The quantitative estimate of drug-likeness (QED) is 0.574. The number of hydrogen-bond acceptors (Lipinski definition) is 2. The highest BCUT2D eigenvalue weighted by Crippen LogP contribution is 2.28. The first-order valence-electron chi connectivity index (χ1n) is 8.73. The number of nitrogens with one attached hydrogen (secondary N) is 1. The third-order valence-electron chi connectivity index (χ3n) is 4.55. The van der Waals surface area contributed by atoms with Crippen LogP contribution in [-0.4, -0.2) is 12.0 Å². The summed E-state index contributed by atoms with van der Waals surface area (Å²) in [6, 6.07) is 17.3. The van der Waals surface area contributed by atoms with Crippen molar-refractivity contribution in [2.75, 3.05) is 12.4 Å². The topological polar surface area (TPSA) is 24.9 Å². The molecule has 1 N–H and O–H groups in total. The van der Waals surface area contributed by atoms with Gasteiger partial charge in [-0.15, -0.1) is 0 Å². The summed E-state index contributed by atoms with van der Waals surface area (Å²) < 4.78 is 1.15. The Bertz CT molecular complexity index is 894. The van der Waals surface area contributed by atoms with Crippen LogP contribution in [0.1, 0.15) is 37.5 Å². The average molecular weight is 397 g/mol. The number of anilines is 1. The van der Waals surface area contributed by atoms with Gasteiger partial charge in [0, 0.05) is 16.9 Å². The molecule has 130 valence electrons. The van der Waals surface area contributed by atoms with Crippen LogP contribution in [0.5, 0.6) is 0 Å². The number of aryl methyl sites for hydroxylation is 2. The molecule has 0 amide bonds. The Morgan fingerprint density at radius 1 is 1.00 bits per heavy atom. The molecule has 0 atom stereocenters. The molecule has 3 heteroatoms. The Hall–Kier alpha value is -1.87. The summed E-state index contributed by atoms with van der Waals surface area (Å²) in [4.78, 5) is 4.76. The van der Waals surface area contributed by atoms with Gasteiger partial charge in [-0.05, 0) is 59.2 Å². The molecule has 0 saturated heterocycles. The van der Waals surface area contributed by atoms with Crippen LogP contribution in [0.25, 0.3) is 10.9 Å². The lowest BCUT2D eigenvalue weighted by molar-refractivity contribution is 0.588. The zero-order chi connectivity index (χ0) is 18.0. The van der Waals surface area contributed by atoms with Crippen molar-refractivity contribution in [1.29, 1.82) is 0 Å². The third-order valence-corrected chi connectivity index (χ3v) is 5.00. The minimum atomic E-state index is 0.152. The van der Waals surface area contributed by atoms with Crippen LogP contribution in [0.4, 0.5) is 5.82 Å². The van der Waals surface area contributed by atoms with E-state index in [2.05, 4.69) is 84.5 Å². The Morgan fingerprint density at radius 3 is 2.48 bits per heavy atom. The molecule has 0 aliphatic rings. The Morgan fingerprint density at radius 2 is 1.76 bits per heavy atom.